The van der Waals surface area contributed by atoms with Crippen molar-refractivity contribution >= 4 is 44.4 Å². The minimum Gasteiger partial charge on any atom is -0.465 e. The zero-order valence-corrected chi connectivity index (χ0v) is 10.0. The first-order chi connectivity index (χ1) is 7.15. The van der Waals surface area contributed by atoms with Crippen LogP contribution in [0.1, 0.15) is 10.4 Å². The lowest BCUT2D eigenvalue weighted by Gasteiger charge is -2.05. The predicted octanol–water partition coefficient (Wildman–Crippen LogP) is 2.77. The van der Waals surface area contributed by atoms with Crippen LogP contribution in [0.5, 0.6) is 0 Å². The fraction of sp³-hybridized carbons (Fsp3) is 0.111. The molecular weight excluding hydrogens is 283 g/mol. The molecule has 0 unspecified atom stereocenters. The monoisotopic (exact) mass is 288 g/mol. The van der Waals surface area contributed by atoms with Gasteiger partial charge in [-0.05, 0) is 22.0 Å². The van der Waals surface area contributed by atoms with E-state index in [1.807, 2.05) is 0 Å². The molecule has 0 saturated carbocycles. The second kappa shape index (κ2) is 3.83. The molecule has 0 atom stereocenters. The molecule has 0 fully saturated rings. The number of carbonyl (C=O) groups is 1. The number of esters is 1. The minimum atomic E-state index is -0.490. The third-order valence-corrected chi connectivity index (χ3v) is 3.27. The number of methoxy groups -OCH3 is 1. The fourth-order valence-electron chi connectivity index (χ4n) is 1.33. The maximum atomic E-state index is 11.5. The summed E-state index contributed by atoms with van der Waals surface area (Å²) in [5.74, 6) is -0.490. The number of fused-ring (bicyclic) bond motifs is 1. The number of hydrogen-bond donors (Lipinski definition) is 1. The summed E-state index contributed by atoms with van der Waals surface area (Å²) < 4.78 is 5.30. The van der Waals surface area contributed by atoms with E-state index in [2.05, 4.69) is 30.9 Å². The molecule has 0 aliphatic rings. The molecule has 78 valence electrons. The van der Waals surface area contributed by atoms with E-state index in [1.165, 1.54) is 7.11 Å². The highest BCUT2D eigenvalue weighted by molar-refractivity contribution is 9.10. The molecule has 1 aromatic carbocycles. The minimum absolute atomic E-state index is 0.293. The van der Waals surface area contributed by atoms with Crippen molar-refractivity contribution in [1.29, 1.82) is 0 Å². The van der Waals surface area contributed by atoms with Crippen LogP contribution in [0.15, 0.2) is 16.7 Å². The molecule has 2 rings (SSSR count). The second-order valence-electron chi connectivity index (χ2n) is 2.87. The maximum absolute atomic E-state index is 11.5. The predicted molar refractivity (Wildman–Crippen MR) is 60.1 cm³/mol. The number of nitrogens with one attached hydrogen (secondary N) is 1. The van der Waals surface area contributed by atoms with Crippen LogP contribution < -0.4 is 0 Å². The van der Waals surface area contributed by atoms with Gasteiger partial charge in [-0.25, -0.2) is 4.79 Å². The average Bonchev–Trinajstić information content (AvgIpc) is 2.66. The first kappa shape index (κ1) is 10.4. The van der Waals surface area contributed by atoms with Gasteiger partial charge >= 0.3 is 5.97 Å². The number of halogens is 2. The van der Waals surface area contributed by atoms with E-state index in [4.69, 9.17) is 11.6 Å². The van der Waals surface area contributed by atoms with Gasteiger partial charge in [0.25, 0.3) is 0 Å². The summed E-state index contributed by atoms with van der Waals surface area (Å²) in [6.45, 7) is 0. The van der Waals surface area contributed by atoms with Crippen molar-refractivity contribution in [1.82, 2.24) is 10.2 Å². The van der Waals surface area contributed by atoms with Gasteiger partial charge in [0, 0.05) is 9.86 Å². The summed E-state index contributed by atoms with van der Waals surface area (Å²) in [7, 11) is 1.31. The Morgan fingerprint density at radius 2 is 2.40 bits per heavy atom. The molecule has 0 aliphatic heterocycles. The molecule has 1 heterocycles. The lowest BCUT2D eigenvalue weighted by molar-refractivity contribution is 0.0603. The van der Waals surface area contributed by atoms with E-state index in [0.29, 0.717) is 20.6 Å². The number of rotatable bonds is 1. The lowest BCUT2D eigenvalue weighted by Crippen LogP contribution is -2.03. The normalized spacial score (nSPS) is 10.6. The number of H-pyrrole nitrogens is 1. The van der Waals surface area contributed by atoms with Crippen molar-refractivity contribution in [2.24, 2.45) is 0 Å². The van der Waals surface area contributed by atoms with Crippen LogP contribution in [0, 0.1) is 0 Å². The van der Waals surface area contributed by atoms with Crippen LogP contribution in [0.25, 0.3) is 10.9 Å². The van der Waals surface area contributed by atoms with Crippen LogP contribution >= 0.6 is 27.5 Å². The number of carbonyl (C=O) groups excluding carboxylic acids is 1. The highest BCUT2D eigenvalue weighted by Crippen LogP contribution is 2.32. The zero-order chi connectivity index (χ0) is 11.0. The van der Waals surface area contributed by atoms with Crippen molar-refractivity contribution in [2.75, 3.05) is 7.11 Å². The number of hydrogen-bond acceptors (Lipinski definition) is 3. The molecule has 0 radical (unpaired) electrons. The van der Waals surface area contributed by atoms with Crippen molar-refractivity contribution in [2.45, 2.75) is 0 Å². The average molecular weight is 290 g/mol. The van der Waals surface area contributed by atoms with E-state index < -0.39 is 5.97 Å². The summed E-state index contributed by atoms with van der Waals surface area (Å²) >= 11 is 9.28. The van der Waals surface area contributed by atoms with Crippen molar-refractivity contribution in [3.8, 4) is 0 Å². The molecule has 0 aliphatic carbocycles. The molecule has 0 spiro atoms. The number of aromatic nitrogens is 2. The van der Waals surface area contributed by atoms with Gasteiger partial charge in [-0.2, -0.15) is 5.10 Å². The third kappa shape index (κ3) is 1.61. The van der Waals surface area contributed by atoms with Gasteiger partial charge in [0.05, 0.1) is 23.8 Å². The Morgan fingerprint density at radius 1 is 1.67 bits per heavy atom. The molecule has 1 N–H and O–H groups in total. The van der Waals surface area contributed by atoms with E-state index in [0.717, 1.165) is 5.39 Å². The maximum Gasteiger partial charge on any atom is 0.341 e. The summed E-state index contributed by atoms with van der Waals surface area (Å²) in [4.78, 5) is 11.5. The molecule has 2 aromatic rings. The summed E-state index contributed by atoms with van der Waals surface area (Å²) in [5, 5.41) is 7.68. The van der Waals surface area contributed by atoms with Crippen LogP contribution in [-0.2, 0) is 4.74 Å². The Balaban J connectivity index is 2.83. The van der Waals surface area contributed by atoms with E-state index in [-0.39, 0.29) is 0 Å². The molecule has 1 aromatic heterocycles. The van der Waals surface area contributed by atoms with E-state index in [9.17, 15) is 4.79 Å². The van der Waals surface area contributed by atoms with E-state index in [1.54, 1.807) is 12.3 Å². The van der Waals surface area contributed by atoms with Crippen LogP contribution in [0.2, 0.25) is 5.02 Å². The second-order valence-corrected chi connectivity index (χ2v) is 4.11. The molecule has 4 nitrogen and oxygen atoms in total. The molecule has 0 bridgehead atoms. The summed E-state index contributed by atoms with van der Waals surface area (Å²) in [5.41, 5.74) is 0.871. The van der Waals surface area contributed by atoms with Crippen LogP contribution in [0.4, 0.5) is 0 Å². The Kier molecular flexibility index (Phi) is 2.67. The Morgan fingerprint density at radius 3 is 3.07 bits per heavy atom. The Hall–Kier alpha value is -1.07. The molecule has 0 amide bonds. The highest BCUT2D eigenvalue weighted by Gasteiger charge is 2.18. The van der Waals surface area contributed by atoms with Gasteiger partial charge in [-0.1, -0.05) is 11.6 Å². The Bertz CT molecular complexity index is 538. The standard InChI is InChI=1S/C9H6BrClN2O2/c1-15-9(14)6-7(11)5(10)2-4-3-12-13-8(4)6/h2-3H,1H3,(H,12,13). The first-order valence-electron chi connectivity index (χ1n) is 4.04. The number of ether oxygens (including phenoxy) is 1. The summed E-state index contributed by atoms with van der Waals surface area (Å²) in [6, 6.07) is 1.79. The van der Waals surface area contributed by atoms with Gasteiger partial charge in [0.1, 0.15) is 5.56 Å². The van der Waals surface area contributed by atoms with Gasteiger partial charge in [0.2, 0.25) is 0 Å². The van der Waals surface area contributed by atoms with Gasteiger partial charge in [-0.15, -0.1) is 0 Å². The SMILES string of the molecule is COC(=O)c1c(Cl)c(Br)cc2cn[nH]c12. The van der Waals surface area contributed by atoms with Crippen LogP contribution in [-0.4, -0.2) is 23.3 Å². The summed E-state index contributed by atoms with van der Waals surface area (Å²) in [6.07, 6.45) is 1.61. The van der Waals surface area contributed by atoms with Gasteiger partial charge in [0.15, 0.2) is 0 Å². The lowest BCUT2D eigenvalue weighted by atomic mass is 10.1. The van der Waals surface area contributed by atoms with Crippen molar-refractivity contribution < 1.29 is 9.53 Å². The third-order valence-electron chi connectivity index (χ3n) is 2.02. The quantitative estimate of drug-likeness (QED) is 0.821. The smallest absolute Gasteiger partial charge is 0.341 e. The zero-order valence-electron chi connectivity index (χ0n) is 7.67. The number of nitrogens with zero attached hydrogens (tertiary/aromatic N) is 1. The van der Waals surface area contributed by atoms with Crippen molar-refractivity contribution in [3.63, 3.8) is 0 Å². The van der Waals surface area contributed by atoms with Gasteiger partial charge in [-0.3, -0.25) is 5.10 Å². The molecular formula is C9H6BrClN2O2. The Labute approximate surface area is 98.7 Å². The first-order valence-corrected chi connectivity index (χ1v) is 5.21. The molecule has 15 heavy (non-hydrogen) atoms. The largest absolute Gasteiger partial charge is 0.465 e. The number of benzene rings is 1. The van der Waals surface area contributed by atoms with Crippen molar-refractivity contribution in [3.05, 3.63) is 27.3 Å². The number of aromatic amines is 1. The van der Waals surface area contributed by atoms with E-state index >= 15 is 0 Å². The molecule has 0 saturated heterocycles. The highest BCUT2D eigenvalue weighted by atomic mass is 79.9. The van der Waals surface area contributed by atoms with Gasteiger partial charge < -0.3 is 4.74 Å². The fourth-order valence-corrected chi connectivity index (χ4v) is 2.00. The van der Waals surface area contributed by atoms with Crippen LogP contribution in [0.3, 0.4) is 0 Å². The topological polar surface area (TPSA) is 55.0 Å². The molecule has 6 heteroatoms.